The van der Waals surface area contributed by atoms with Crippen molar-refractivity contribution in [3.05, 3.63) is 63.2 Å². The number of hydrogen-bond acceptors (Lipinski definition) is 5. The zero-order valence-electron chi connectivity index (χ0n) is 10.3. The van der Waals surface area contributed by atoms with Gasteiger partial charge in [0.25, 0.3) is 5.69 Å². The first-order valence-electron chi connectivity index (χ1n) is 5.97. The third kappa shape index (κ3) is 1.96. The summed E-state index contributed by atoms with van der Waals surface area (Å²) in [6.07, 6.45) is -0.480. The minimum absolute atomic E-state index is 0.00176. The van der Waals surface area contributed by atoms with Crippen LogP contribution in [0.15, 0.2) is 36.4 Å². The summed E-state index contributed by atoms with van der Waals surface area (Å²) in [5, 5.41) is 30.0. The molecule has 0 amide bonds. The second kappa shape index (κ2) is 4.50. The summed E-state index contributed by atoms with van der Waals surface area (Å²) < 4.78 is 5.60. The standard InChI is InChI=1S/C14H11NO5/c16-11-5-9-7-20-14(13(9)12(17)6-11)8-1-3-10(4-2-8)15(18)19/h1-6,14,16-17H,7H2. The van der Waals surface area contributed by atoms with E-state index in [-0.39, 0.29) is 23.8 Å². The molecular formula is C14H11NO5. The first-order valence-corrected chi connectivity index (χ1v) is 5.97. The average molecular weight is 273 g/mol. The number of nitro groups is 1. The number of hydrogen-bond donors (Lipinski definition) is 2. The van der Waals surface area contributed by atoms with Crippen molar-refractivity contribution in [1.82, 2.24) is 0 Å². The number of non-ortho nitro benzene ring substituents is 1. The molecule has 0 spiro atoms. The number of rotatable bonds is 2. The highest BCUT2D eigenvalue weighted by Crippen LogP contribution is 2.43. The van der Waals surface area contributed by atoms with Crippen molar-refractivity contribution in [3.8, 4) is 11.5 Å². The van der Waals surface area contributed by atoms with Crippen molar-refractivity contribution < 1.29 is 19.9 Å². The quantitative estimate of drug-likeness (QED) is 0.648. The van der Waals surface area contributed by atoms with Gasteiger partial charge in [0, 0.05) is 23.8 Å². The Morgan fingerprint density at radius 3 is 2.55 bits per heavy atom. The van der Waals surface area contributed by atoms with E-state index >= 15 is 0 Å². The van der Waals surface area contributed by atoms with Gasteiger partial charge < -0.3 is 14.9 Å². The monoisotopic (exact) mass is 273 g/mol. The van der Waals surface area contributed by atoms with Crippen molar-refractivity contribution in [2.24, 2.45) is 0 Å². The molecule has 3 rings (SSSR count). The molecule has 1 aliphatic rings. The summed E-state index contributed by atoms with van der Waals surface area (Å²) in [6, 6.07) is 8.79. The van der Waals surface area contributed by atoms with Crippen LogP contribution in [0.2, 0.25) is 0 Å². The summed E-state index contributed by atoms with van der Waals surface area (Å²) in [4.78, 5) is 10.2. The maximum absolute atomic E-state index is 10.6. The van der Waals surface area contributed by atoms with Gasteiger partial charge in [-0.15, -0.1) is 0 Å². The van der Waals surface area contributed by atoms with Gasteiger partial charge in [-0.1, -0.05) is 0 Å². The van der Waals surface area contributed by atoms with Gasteiger partial charge in [0.15, 0.2) is 0 Å². The van der Waals surface area contributed by atoms with E-state index < -0.39 is 11.0 Å². The molecule has 0 saturated carbocycles. The Morgan fingerprint density at radius 1 is 1.20 bits per heavy atom. The molecule has 0 aliphatic carbocycles. The van der Waals surface area contributed by atoms with Gasteiger partial charge in [-0.05, 0) is 29.3 Å². The van der Waals surface area contributed by atoms with Crippen LogP contribution in [0.25, 0.3) is 0 Å². The van der Waals surface area contributed by atoms with E-state index in [9.17, 15) is 20.3 Å². The number of ether oxygens (including phenoxy) is 1. The molecule has 0 radical (unpaired) electrons. The van der Waals surface area contributed by atoms with Crippen LogP contribution in [0.4, 0.5) is 5.69 Å². The lowest BCUT2D eigenvalue weighted by atomic mass is 9.98. The third-order valence-electron chi connectivity index (χ3n) is 3.30. The highest BCUT2D eigenvalue weighted by Gasteiger charge is 2.29. The summed E-state index contributed by atoms with van der Waals surface area (Å²) >= 11 is 0. The Bertz CT molecular complexity index is 681. The van der Waals surface area contributed by atoms with Gasteiger partial charge in [-0.2, -0.15) is 0 Å². The molecule has 2 aromatic rings. The van der Waals surface area contributed by atoms with E-state index in [1.165, 1.54) is 18.2 Å². The predicted molar refractivity (Wildman–Crippen MR) is 69.5 cm³/mol. The molecule has 1 atom stereocenters. The smallest absolute Gasteiger partial charge is 0.269 e. The highest BCUT2D eigenvalue weighted by atomic mass is 16.6. The summed E-state index contributed by atoms with van der Waals surface area (Å²) in [5.41, 5.74) is 2.03. The molecule has 2 aromatic carbocycles. The van der Waals surface area contributed by atoms with Crippen LogP contribution in [0.3, 0.4) is 0 Å². The average Bonchev–Trinajstić information content (AvgIpc) is 2.82. The Labute approximate surface area is 114 Å². The Balaban J connectivity index is 2.00. The fourth-order valence-electron chi connectivity index (χ4n) is 2.39. The largest absolute Gasteiger partial charge is 0.508 e. The molecule has 6 nitrogen and oxygen atoms in total. The Hall–Kier alpha value is -2.60. The first-order chi connectivity index (χ1) is 9.56. The molecule has 0 bridgehead atoms. The van der Waals surface area contributed by atoms with E-state index in [1.807, 2.05) is 0 Å². The Morgan fingerprint density at radius 2 is 1.90 bits per heavy atom. The van der Waals surface area contributed by atoms with Crippen LogP contribution in [0.1, 0.15) is 22.8 Å². The Kier molecular flexibility index (Phi) is 2.80. The summed E-state index contributed by atoms with van der Waals surface area (Å²) in [7, 11) is 0. The number of phenols is 2. The number of nitrogens with zero attached hydrogens (tertiary/aromatic N) is 1. The molecular weight excluding hydrogens is 262 g/mol. The fraction of sp³-hybridized carbons (Fsp3) is 0.143. The maximum atomic E-state index is 10.6. The van der Waals surface area contributed by atoms with Gasteiger partial charge in [0.1, 0.15) is 17.6 Å². The SMILES string of the molecule is O=[N+]([O-])c1ccc(C2OCc3cc(O)cc(O)c32)cc1. The van der Waals surface area contributed by atoms with Crippen molar-refractivity contribution >= 4 is 5.69 Å². The highest BCUT2D eigenvalue weighted by molar-refractivity contribution is 5.51. The second-order valence-corrected chi connectivity index (χ2v) is 4.58. The zero-order valence-corrected chi connectivity index (χ0v) is 10.3. The van der Waals surface area contributed by atoms with Crippen LogP contribution >= 0.6 is 0 Å². The molecule has 2 N–H and O–H groups in total. The van der Waals surface area contributed by atoms with Crippen LogP contribution < -0.4 is 0 Å². The molecule has 20 heavy (non-hydrogen) atoms. The van der Waals surface area contributed by atoms with Gasteiger partial charge >= 0.3 is 0 Å². The molecule has 1 unspecified atom stereocenters. The van der Waals surface area contributed by atoms with E-state index in [1.54, 1.807) is 18.2 Å². The number of aromatic hydroxyl groups is 2. The van der Waals surface area contributed by atoms with Crippen LogP contribution in [-0.4, -0.2) is 15.1 Å². The molecule has 0 saturated heterocycles. The minimum Gasteiger partial charge on any atom is -0.508 e. The van der Waals surface area contributed by atoms with E-state index in [4.69, 9.17) is 4.74 Å². The van der Waals surface area contributed by atoms with E-state index in [2.05, 4.69) is 0 Å². The maximum Gasteiger partial charge on any atom is 0.269 e. The number of nitro benzene ring substituents is 1. The number of phenolic OH excluding ortho intramolecular Hbond substituents is 2. The fourth-order valence-corrected chi connectivity index (χ4v) is 2.39. The van der Waals surface area contributed by atoms with Crippen molar-refractivity contribution in [1.29, 1.82) is 0 Å². The summed E-state index contributed by atoms with van der Waals surface area (Å²) in [6.45, 7) is 0.277. The first kappa shape index (κ1) is 12.4. The third-order valence-corrected chi connectivity index (χ3v) is 3.30. The predicted octanol–water partition coefficient (Wildman–Crippen LogP) is 2.63. The number of benzene rings is 2. The molecule has 1 heterocycles. The topological polar surface area (TPSA) is 92.8 Å². The van der Waals surface area contributed by atoms with Crippen molar-refractivity contribution in [2.45, 2.75) is 12.7 Å². The molecule has 0 aromatic heterocycles. The van der Waals surface area contributed by atoms with Crippen LogP contribution in [0.5, 0.6) is 11.5 Å². The zero-order chi connectivity index (χ0) is 14.3. The molecule has 1 aliphatic heterocycles. The lowest BCUT2D eigenvalue weighted by Crippen LogP contribution is -1.99. The second-order valence-electron chi connectivity index (χ2n) is 4.58. The normalized spacial score (nSPS) is 16.9. The molecule has 6 heteroatoms. The van der Waals surface area contributed by atoms with Gasteiger partial charge in [-0.25, -0.2) is 0 Å². The minimum atomic E-state index is -0.480. The van der Waals surface area contributed by atoms with E-state index in [0.717, 1.165) is 5.56 Å². The van der Waals surface area contributed by atoms with Gasteiger partial charge in [0.05, 0.1) is 11.5 Å². The number of fused-ring (bicyclic) bond motifs is 1. The van der Waals surface area contributed by atoms with Crippen molar-refractivity contribution in [2.75, 3.05) is 0 Å². The van der Waals surface area contributed by atoms with Crippen molar-refractivity contribution in [3.63, 3.8) is 0 Å². The molecule has 102 valence electrons. The lowest BCUT2D eigenvalue weighted by molar-refractivity contribution is -0.384. The molecule has 0 fully saturated rings. The van der Waals surface area contributed by atoms with Crippen LogP contribution in [0, 0.1) is 10.1 Å². The van der Waals surface area contributed by atoms with Gasteiger partial charge in [-0.3, -0.25) is 10.1 Å². The lowest BCUT2D eigenvalue weighted by Gasteiger charge is -2.12. The van der Waals surface area contributed by atoms with Crippen LogP contribution in [-0.2, 0) is 11.3 Å². The summed E-state index contributed by atoms with van der Waals surface area (Å²) in [5.74, 6) is -0.0601. The van der Waals surface area contributed by atoms with E-state index in [0.29, 0.717) is 11.1 Å². The van der Waals surface area contributed by atoms with Gasteiger partial charge in [0.2, 0.25) is 0 Å².